The summed E-state index contributed by atoms with van der Waals surface area (Å²) in [5, 5.41) is 17.0. The first kappa shape index (κ1) is 32.7. The van der Waals surface area contributed by atoms with Crippen LogP contribution >= 0.6 is 11.6 Å². The zero-order valence-electron chi connectivity index (χ0n) is 25.4. The summed E-state index contributed by atoms with van der Waals surface area (Å²) < 4.78 is 42.0. The molecule has 1 aliphatic rings. The lowest BCUT2D eigenvalue weighted by Crippen LogP contribution is -2.51. The average Bonchev–Trinajstić information content (AvgIpc) is 3.47. The highest BCUT2D eigenvalue weighted by Gasteiger charge is 2.32. The van der Waals surface area contributed by atoms with Crippen molar-refractivity contribution in [3.8, 4) is 5.75 Å². The van der Waals surface area contributed by atoms with Crippen LogP contribution < -0.4 is 15.8 Å². The lowest BCUT2D eigenvalue weighted by Gasteiger charge is -2.36. The summed E-state index contributed by atoms with van der Waals surface area (Å²) in [6.45, 7) is 7.68. The Kier molecular flexibility index (Phi) is 8.93. The van der Waals surface area contributed by atoms with E-state index in [1.807, 2.05) is 25.7 Å². The second-order valence-corrected chi connectivity index (χ2v) is 11.5. The summed E-state index contributed by atoms with van der Waals surface area (Å²) >= 11 is 6.07. The number of aryl methyl sites for hydroxylation is 1. The topological polar surface area (TPSA) is 151 Å². The number of hydrogen-bond donors (Lipinski definition) is 2. The molecule has 0 radical (unpaired) electrons. The Labute approximate surface area is 265 Å². The molecule has 0 unspecified atom stereocenters. The highest BCUT2D eigenvalue weighted by Crippen LogP contribution is 2.34. The molecule has 4 heterocycles. The Hall–Kier alpha value is -4.73. The third kappa shape index (κ3) is 6.21. The zero-order valence-corrected chi connectivity index (χ0v) is 26.1. The van der Waals surface area contributed by atoms with Crippen LogP contribution in [0.2, 0.25) is 5.02 Å². The monoisotopic (exact) mass is 661 g/mol. The van der Waals surface area contributed by atoms with Crippen LogP contribution in [-0.4, -0.2) is 77.1 Å². The van der Waals surface area contributed by atoms with Crippen LogP contribution in [0.25, 0.3) is 5.78 Å². The average molecular weight is 662 g/mol. The van der Waals surface area contributed by atoms with E-state index in [1.54, 1.807) is 11.5 Å². The highest BCUT2D eigenvalue weighted by molar-refractivity contribution is 6.33. The fourth-order valence-corrected chi connectivity index (χ4v) is 5.45. The minimum absolute atomic E-state index is 0.00922. The number of nitrogens with one attached hydrogen (secondary N) is 1. The molecular weight excluding hydrogens is 631 g/mol. The predicted octanol–water partition coefficient (Wildman–Crippen LogP) is 3.65. The molecule has 1 aromatic carbocycles. The molecule has 1 fully saturated rings. The van der Waals surface area contributed by atoms with Gasteiger partial charge in [-0.3, -0.25) is 14.4 Å². The van der Waals surface area contributed by atoms with Gasteiger partial charge in [0.1, 0.15) is 18.6 Å². The molecule has 17 heteroatoms. The predicted molar refractivity (Wildman–Crippen MR) is 162 cm³/mol. The van der Waals surface area contributed by atoms with Gasteiger partial charge in [0.15, 0.2) is 17.3 Å². The fourth-order valence-electron chi connectivity index (χ4n) is 5.22. The minimum Gasteiger partial charge on any atom is -0.504 e. The van der Waals surface area contributed by atoms with Crippen LogP contribution in [0.4, 0.5) is 24.5 Å². The van der Waals surface area contributed by atoms with Crippen LogP contribution in [0.5, 0.6) is 5.75 Å². The van der Waals surface area contributed by atoms with E-state index in [9.17, 15) is 32.7 Å². The van der Waals surface area contributed by atoms with Gasteiger partial charge < -0.3 is 24.8 Å². The van der Waals surface area contributed by atoms with Crippen molar-refractivity contribution in [3.63, 3.8) is 0 Å². The number of halogens is 4. The Balaban J connectivity index is 1.47. The molecule has 1 aliphatic heterocycles. The molecule has 2 N–H and O–H groups in total. The van der Waals surface area contributed by atoms with Crippen molar-refractivity contribution in [2.24, 2.45) is 0 Å². The molecular formula is C29H31ClF3N9O4. The normalized spacial score (nSPS) is 13.9. The number of aromatic nitrogens is 6. The summed E-state index contributed by atoms with van der Waals surface area (Å²) in [5.74, 6) is -1.00. The maximum Gasteiger partial charge on any atom is 0.416 e. The molecule has 2 amide bonds. The van der Waals surface area contributed by atoms with E-state index >= 15 is 0 Å². The van der Waals surface area contributed by atoms with Crippen molar-refractivity contribution in [2.75, 3.05) is 36.4 Å². The molecule has 0 saturated carbocycles. The number of anilines is 2. The van der Waals surface area contributed by atoms with Gasteiger partial charge in [-0.2, -0.15) is 22.7 Å². The third-order valence-corrected chi connectivity index (χ3v) is 7.97. The largest absolute Gasteiger partial charge is 0.504 e. The number of benzene rings is 1. The number of alkyl halides is 3. The van der Waals surface area contributed by atoms with Gasteiger partial charge in [0.2, 0.25) is 11.7 Å². The molecule has 46 heavy (non-hydrogen) atoms. The lowest BCUT2D eigenvalue weighted by atomic mass is 10.2. The first-order chi connectivity index (χ1) is 21.7. The second kappa shape index (κ2) is 12.6. The number of hydrogen-bond acceptors (Lipinski definition) is 9. The molecule has 0 bridgehead atoms. The number of carbonyl (C=O) groups excluding carboxylic acids is 2. The number of amides is 2. The number of carbonyl (C=O) groups is 2. The van der Waals surface area contributed by atoms with Gasteiger partial charge in [-0.1, -0.05) is 32.4 Å². The van der Waals surface area contributed by atoms with Gasteiger partial charge in [-0.15, -0.1) is 5.10 Å². The standard InChI is InChI=1S/C29H31ClF3N9O4/c1-5-20-23(39-8-10-40(11-9-39)26(45)22-24(44)16(4)34-14-35-22)27(46)42-28(37-25(38-42)15(2)3)41(20)13-21(43)36-19-7-6-17(12-18(19)30)29(31,32)33/h6-7,12,14-15,44H,5,8-11,13H2,1-4H3,(H,36,43). The van der Waals surface area contributed by atoms with Crippen LogP contribution in [-0.2, 0) is 23.9 Å². The van der Waals surface area contributed by atoms with Crippen LogP contribution in [0, 0.1) is 6.92 Å². The summed E-state index contributed by atoms with van der Waals surface area (Å²) in [6.07, 6.45) is -3.08. The molecule has 0 atom stereocenters. The van der Waals surface area contributed by atoms with E-state index in [4.69, 9.17) is 11.6 Å². The van der Waals surface area contributed by atoms with E-state index in [1.165, 1.54) is 11.2 Å². The van der Waals surface area contributed by atoms with Crippen LogP contribution in [0.3, 0.4) is 0 Å². The molecule has 13 nitrogen and oxygen atoms in total. The zero-order chi connectivity index (χ0) is 33.5. The fraction of sp³-hybridized carbons (Fsp3) is 0.414. The highest BCUT2D eigenvalue weighted by atomic mass is 35.5. The first-order valence-corrected chi connectivity index (χ1v) is 14.8. The number of piperazine rings is 1. The van der Waals surface area contributed by atoms with Gasteiger partial charge in [0, 0.05) is 32.1 Å². The molecule has 244 valence electrons. The number of fused-ring (bicyclic) bond motifs is 1. The maximum absolute atomic E-state index is 13.9. The van der Waals surface area contributed by atoms with E-state index in [2.05, 4.69) is 25.4 Å². The summed E-state index contributed by atoms with van der Waals surface area (Å²) in [4.78, 5) is 56.1. The summed E-state index contributed by atoms with van der Waals surface area (Å²) in [5.41, 5.74) is -0.478. The number of nitrogens with zero attached hydrogens (tertiary/aromatic N) is 8. The second-order valence-electron chi connectivity index (χ2n) is 11.1. The van der Waals surface area contributed by atoms with Gasteiger partial charge in [-0.25, -0.2) is 9.97 Å². The van der Waals surface area contributed by atoms with E-state index in [0.29, 0.717) is 17.9 Å². The Morgan fingerprint density at radius 1 is 1.13 bits per heavy atom. The molecule has 0 aliphatic carbocycles. The molecule has 1 saturated heterocycles. The van der Waals surface area contributed by atoms with Gasteiger partial charge in [0.05, 0.1) is 27.7 Å². The van der Waals surface area contributed by atoms with Crippen molar-refractivity contribution >= 4 is 40.6 Å². The molecule has 3 aromatic heterocycles. The van der Waals surface area contributed by atoms with Crippen molar-refractivity contribution in [1.82, 2.24) is 34.0 Å². The molecule has 0 spiro atoms. The van der Waals surface area contributed by atoms with Crippen LogP contribution in [0.15, 0.2) is 29.3 Å². The van der Waals surface area contributed by atoms with E-state index in [-0.39, 0.29) is 78.0 Å². The van der Waals surface area contributed by atoms with Gasteiger partial charge >= 0.3 is 6.18 Å². The Morgan fingerprint density at radius 3 is 2.43 bits per heavy atom. The quantitative estimate of drug-likeness (QED) is 0.302. The molecule has 4 aromatic rings. The van der Waals surface area contributed by atoms with Crippen molar-refractivity contribution < 1.29 is 27.9 Å². The van der Waals surface area contributed by atoms with Crippen molar-refractivity contribution in [2.45, 2.75) is 52.8 Å². The maximum atomic E-state index is 13.9. The Morgan fingerprint density at radius 2 is 1.83 bits per heavy atom. The van der Waals surface area contributed by atoms with E-state index in [0.717, 1.165) is 22.7 Å². The van der Waals surface area contributed by atoms with E-state index < -0.39 is 29.1 Å². The molecule has 5 rings (SSSR count). The lowest BCUT2D eigenvalue weighted by molar-refractivity contribution is -0.137. The van der Waals surface area contributed by atoms with Gasteiger partial charge in [-0.05, 0) is 31.5 Å². The Bertz CT molecular complexity index is 1880. The van der Waals surface area contributed by atoms with Crippen LogP contribution in [0.1, 0.15) is 60.0 Å². The minimum atomic E-state index is -4.60. The number of aromatic hydroxyl groups is 1. The third-order valence-electron chi connectivity index (χ3n) is 7.66. The van der Waals surface area contributed by atoms with Crippen molar-refractivity contribution in [3.05, 3.63) is 68.4 Å². The smallest absolute Gasteiger partial charge is 0.416 e. The first-order valence-electron chi connectivity index (χ1n) is 14.4. The summed E-state index contributed by atoms with van der Waals surface area (Å²) in [7, 11) is 0. The SMILES string of the molecule is CCc1c(N2CCN(C(=O)c3ncnc(C)c3O)CC2)c(=O)n2nc(C(C)C)nc2n1CC(=O)Nc1ccc(C(F)(F)F)cc1Cl. The number of rotatable bonds is 7. The van der Waals surface area contributed by atoms with Gasteiger partial charge in [0.25, 0.3) is 11.5 Å². The summed E-state index contributed by atoms with van der Waals surface area (Å²) in [6, 6.07) is 2.63. The van der Waals surface area contributed by atoms with Crippen molar-refractivity contribution in [1.29, 1.82) is 0 Å².